The number of carbonyl (C=O) groups is 2. The molecule has 1 heterocycles. The zero-order chi connectivity index (χ0) is 26.3. The molecule has 1 fully saturated rings. The highest BCUT2D eigenvalue weighted by atomic mass is 32.2. The summed E-state index contributed by atoms with van der Waals surface area (Å²) in [5.41, 5.74) is 2.90. The highest BCUT2D eigenvalue weighted by molar-refractivity contribution is 8.04. The van der Waals surface area contributed by atoms with Crippen LogP contribution < -0.4 is 4.74 Å². The number of fused-ring (bicyclic) bond motifs is 1. The van der Waals surface area contributed by atoms with E-state index in [2.05, 4.69) is 18.2 Å². The van der Waals surface area contributed by atoms with Gasteiger partial charge in [-0.1, -0.05) is 12.1 Å². The fourth-order valence-electron chi connectivity index (χ4n) is 4.90. The molecule has 0 N–H and O–H groups in total. The molecule has 0 saturated carbocycles. The van der Waals surface area contributed by atoms with E-state index in [1.54, 1.807) is 11.8 Å². The monoisotopic (exact) mass is 552 g/mol. The number of hydrogen-bond donors (Lipinski definition) is 0. The molecule has 8 heteroatoms. The largest absolute Gasteiger partial charge is 0.493 e. The molecule has 1 aromatic rings. The second-order valence-electron chi connectivity index (χ2n) is 9.66. The molecule has 2 aliphatic rings. The Bertz CT molecular complexity index is 824. The first-order valence-electron chi connectivity index (χ1n) is 14.0. The third-order valence-corrected chi connectivity index (χ3v) is 9.81. The minimum Gasteiger partial charge on any atom is -0.493 e. The SMILES string of the molecule is CCOC(=O)CCC1(CCC(=O)OCC)OCC(CSCCCCCOc2cccc3c2CCCC3)S1. The van der Waals surface area contributed by atoms with Gasteiger partial charge in [-0.3, -0.25) is 9.59 Å². The van der Waals surface area contributed by atoms with Crippen LogP contribution in [0, 0.1) is 0 Å². The Hall–Kier alpha value is -1.38. The van der Waals surface area contributed by atoms with Crippen LogP contribution in [0.1, 0.15) is 82.8 Å². The topological polar surface area (TPSA) is 71.1 Å². The number of ether oxygens (including phenoxy) is 4. The van der Waals surface area contributed by atoms with Gasteiger partial charge in [0.15, 0.2) is 0 Å². The van der Waals surface area contributed by atoms with E-state index in [1.165, 1.54) is 43.2 Å². The Labute approximate surface area is 231 Å². The molecule has 1 aliphatic carbocycles. The Morgan fingerprint density at radius 2 is 1.76 bits per heavy atom. The van der Waals surface area contributed by atoms with Crippen molar-refractivity contribution in [1.29, 1.82) is 0 Å². The van der Waals surface area contributed by atoms with Crippen molar-refractivity contribution in [1.82, 2.24) is 0 Å². The Kier molecular flexibility index (Phi) is 13.5. The van der Waals surface area contributed by atoms with Crippen LogP contribution in [-0.2, 0) is 36.6 Å². The number of unbranched alkanes of at least 4 members (excludes halogenated alkanes) is 2. The van der Waals surface area contributed by atoms with Crippen LogP contribution in [0.25, 0.3) is 0 Å². The zero-order valence-corrected chi connectivity index (χ0v) is 24.2. The first kappa shape index (κ1) is 30.2. The van der Waals surface area contributed by atoms with E-state index in [4.69, 9.17) is 18.9 Å². The van der Waals surface area contributed by atoms with E-state index in [9.17, 15) is 9.59 Å². The molecular formula is C29H44O6S2. The van der Waals surface area contributed by atoms with Crippen molar-refractivity contribution in [2.24, 2.45) is 0 Å². The van der Waals surface area contributed by atoms with Gasteiger partial charge in [-0.25, -0.2) is 0 Å². The van der Waals surface area contributed by atoms with Gasteiger partial charge in [0.25, 0.3) is 0 Å². The van der Waals surface area contributed by atoms with Crippen LogP contribution in [0.5, 0.6) is 5.75 Å². The maximum absolute atomic E-state index is 11.9. The summed E-state index contributed by atoms with van der Waals surface area (Å²) >= 11 is 3.74. The molecule has 1 aliphatic heterocycles. The second kappa shape index (κ2) is 16.6. The lowest BCUT2D eigenvalue weighted by molar-refractivity contribution is -0.144. The predicted molar refractivity (Wildman–Crippen MR) is 152 cm³/mol. The van der Waals surface area contributed by atoms with E-state index in [0.717, 1.165) is 36.7 Å². The average Bonchev–Trinajstić information content (AvgIpc) is 3.32. The van der Waals surface area contributed by atoms with Crippen LogP contribution in [-0.4, -0.2) is 60.1 Å². The standard InChI is InChI=1S/C29H44O6S2/c1-3-32-27(30)15-17-29(18-16-28(31)33-4-2)35-21-24(37-29)22-36-20-9-5-8-19-34-26-14-10-12-23-11-6-7-13-25(23)26/h10,12,14,24H,3-9,11,13,15-22H2,1-2H3. The molecule has 208 valence electrons. The lowest BCUT2D eigenvalue weighted by Gasteiger charge is -2.27. The summed E-state index contributed by atoms with van der Waals surface area (Å²) < 4.78 is 22.5. The summed E-state index contributed by atoms with van der Waals surface area (Å²) in [6.45, 7) is 5.82. The molecule has 1 unspecified atom stereocenters. The van der Waals surface area contributed by atoms with E-state index >= 15 is 0 Å². The number of benzene rings is 1. The number of rotatable bonds is 17. The smallest absolute Gasteiger partial charge is 0.305 e. The number of thioether (sulfide) groups is 2. The number of carbonyl (C=O) groups excluding carboxylic acids is 2. The van der Waals surface area contributed by atoms with Gasteiger partial charge in [-0.15, -0.1) is 11.8 Å². The van der Waals surface area contributed by atoms with Crippen molar-refractivity contribution in [3.8, 4) is 5.75 Å². The van der Waals surface area contributed by atoms with Gasteiger partial charge in [0.05, 0.1) is 26.4 Å². The molecule has 1 atom stereocenters. The fraction of sp³-hybridized carbons (Fsp3) is 0.724. The summed E-state index contributed by atoms with van der Waals surface area (Å²) in [6.07, 6.45) is 10.0. The first-order chi connectivity index (χ1) is 18.0. The summed E-state index contributed by atoms with van der Waals surface area (Å²) in [5, 5.41) is 0.363. The van der Waals surface area contributed by atoms with Crippen molar-refractivity contribution in [3.05, 3.63) is 29.3 Å². The molecule has 0 spiro atoms. The molecule has 1 saturated heterocycles. The van der Waals surface area contributed by atoms with Crippen molar-refractivity contribution < 1.29 is 28.5 Å². The Balaban J connectivity index is 1.31. The van der Waals surface area contributed by atoms with Crippen LogP contribution in [0.15, 0.2) is 18.2 Å². The predicted octanol–water partition coefficient (Wildman–Crippen LogP) is 6.36. The van der Waals surface area contributed by atoms with Gasteiger partial charge >= 0.3 is 11.9 Å². The van der Waals surface area contributed by atoms with E-state index in [0.29, 0.717) is 50.8 Å². The van der Waals surface area contributed by atoms with E-state index < -0.39 is 4.93 Å². The summed E-state index contributed by atoms with van der Waals surface area (Å²) in [6, 6.07) is 6.50. The van der Waals surface area contributed by atoms with Crippen molar-refractivity contribution in [2.45, 2.75) is 94.7 Å². The van der Waals surface area contributed by atoms with Gasteiger partial charge in [0.1, 0.15) is 10.7 Å². The second-order valence-corrected chi connectivity index (χ2v) is 12.5. The summed E-state index contributed by atoms with van der Waals surface area (Å²) in [4.78, 5) is 23.4. The van der Waals surface area contributed by atoms with Crippen LogP contribution >= 0.6 is 23.5 Å². The molecule has 1 aromatic carbocycles. The van der Waals surface area contributed by atoms with E-state index in [1.807, 2.05) is 25.6 Å². The Morgan fingerprint density at radius 1 is 1.03 bits per heavy atom. The lowest BCUT2D eigenvalue weighted by atomic mass is 9.91. The quantitative estimate of drug-likeness (QED) is 0.163. The molecule has 3 rings (SSSR count). The highest BCUT2D eigenvalue weighted by Crippen LogP contribution is 2.45. The van der Waals surface area contributed by atoms with Crippen molar-refractivity contribution in [3.63, 3.8) is 0 Å². The molecular weight excluding hydrogens is 508 g/mol. The maximum Gasteiger partial charge on any atom is 0.305 e. The van der Waals surface area contributed by atoms with E-state index in [-0.39, 0.29) is 11.9 Å². The Morgan fingerprint density at radius 3 is 2.49 bits per heavy atom. The molecule has 0 amide bonds. The van der Waals surface area contributed by atoms with Crippen LogP contribution in [0.3, 0.4) is 0 Å². The van der Waals surface area contributed by atoms with Gasteiger partial charge in [-0.2, -0.15) is 11.8 Å². The first-order valence-corrected chi connectivity index (χ1v) is 16.0. The average molecular weight is 553 g/mol. The minimum absolute atomic E-state index is 0.212. The van der Waals surface area contributed by atoms with Gasteiger partial charge in [0, 0.05) is 23.8 Å². The number of esters is 2. The number of hydrogen-bond acceptors (Lipinski definition) is 8. The normalized spacial score (nSPS) is 18.3. The van der Waals surface area contributed by atoms with Crippen molar-refractivity contribution >= 4 is 35.5 Å². The zero-order valence-electron chi connectivity index (χ0n) is 22.6. The van der Waals surface area contributed by atoms with Gasteiger partial charge in [-0.05, 0) is 94.6 Å². The highest BCUT2D eigenvalue weighted by Gasteiger charge is 2.41. The third kappa shape index (κ3) is 10.4. The fourth-order valence-corrected chi connectivity index (χ4v) is 7.71. The van der Waals surface area contributed by atoms with Gasteiger partial charge < -0.3 is 18.9 Å². The lowest BCUT2D eigenvalue weighted by Crippen LogP contribution is -2.27. The van der Waals surface area contributed by atoms with Gasteiger partial charge in [0.2, 0.25) is 0 Å². The minimum atomic E-state index is -0.515. The van der Waals surface area contributed by atoms with Crippen molar-refractivity contribution in [2.75, 3.05) is 37.9 Å². The molecule has 0 radical (unpaired) electrons. The summed E-state index contributed by atoms with van der Waals surface area (Å²) in [7, 11) is 0. The molecule has 6 nitrogen and oxygen atoms in total. The molecule has 0 bridgehead atoms. The van der Waals surface area contributed by atoms with Crippen LogP contribution in [0.2, 0.25) is 0 Å². The maximum atomic E-state index is 11.9. The summed E-state index contributed by atoms with van der Waals surface area (Å²) in [5.74, 6) is 2.81. The molecule has 37 heavy (non-hydrogen) atoms. The molecule has 0 aromatic heterocycles. The third-order valence-electron chi connectivity index (χ3n) is 6.79. The number of aryl methyl sites for hydroxylation is 1. The van der Waals surface area contributed by atoms with Crippen LogP contribution in [0.4, 0.5) is 0 Å².